The minimum atomic E-state index is -1.14. The van der Waals surface area contributed by atoms with Gasteiger partial charge in [0.1, 0.15) is 23.0 Å². The molecule has 6 rings (SSSR count). The average Bonchev–Trinajstić information content (AvgIpc) is 3.72. The summed E-state index contributed by atoms with van der Waals surface area (Å²) in [7, 11) is 11.0. The van der Waals surface area contributed by atoms with Crippen LogP contribution in [0.15, 0.2) is 170 Å². The van der Waals surface area contributed by atoms with Gasteiger partial charge < -0.3 is 52.3 Å². The monoisotopic (exact) mass is 1380 g/mol. The van der Waals surface area contributed by atoms with Crippen LogP contribution >= 0.6 is 0 Å². The van der Waals surface area contributed by atoms with Crippen LogP contribution in [-0.4, -0.2) is 127 Å². The molecule has 0 fully saturated rings. The first kappa shape index (κ1) is 113. The predicted octanol–water partition coefficient (Wildman–Crippen LogP) is 19.3. The standard InChI is InChI=1S/2C8H10O2.4C7H8O.6C3H8.3C2H8OSi.3C2H8Si/c2*1-9-7-5-3-4-6-8(7)10-2;4*1-8-7-5-3-2-4-6-7;6*1-3-2;3*1-4(2)3;3*1-3-2/h2*3-6H,1-2H3;4*2-6H,1H3;6*3H2,1-2H3;3*3-4H,1-2H3;3*3H2,1-2H3. The molecule has 0 aromatic heterocycles. The topological polar surface area (TPSA) is 135 Å². The average molecular weight is 1380 g/mol. The largest absolute Gasteiger partial charge is 0.497 e. The van der Waals surface area contributed by atoms with Crippen molar-refractivity contribution in [2.75, 3.05) is 56.9 Å². The van der Waals surface area contributed by atoms with Gasteiger partial charge in [0, 0.05) is 28.6 Å². The Bertz CT molecular complexity index is 1700. The van der Waals surface area contributed by atoms with E-state index in [9.17, 15) is 0 Å². The smallest absolute Gasteiger partial charge is 0.166 e. The van der Waals surface area contributed by atoms with Crippen molar-refractivity contribution < 1.29 is 52.3 Å². The zero-order valence-electron chi connectivity index (χ0n) is 64.9. The van der Waals surface area contributed by atoms with Crippen molar-refractivity contribution in [1.29, 1.82) is 0 Å². The normalized spacial score (nSPS) is 7.98. The third-order valence-corrected chi connectivity index (χ3v) is 6.49. The number of para-hydroxylation sites is 8. The third-order valence-electron chi connectivity index (χ3n) is 6.49. The first-order valence-corrected chi connectivity index (χ1v) is 50.1. The Morgan fingerprint density at radius 3 is 0.385 bits per heavy atom. The van der Waals surface area contributed by atoms with E-state index in [1.165, 1.54) is 38.5 Å². The second-order valence-corrected chi connectivity index (χ2v) is 30.2. The zero-order chi connectivity index (χ0) is 73.2. The molecule has 6 aromatic carbocycles. The van der Waals surface area contributed by atoms with Crippen LogP contribution in [0.5, 0.6) is 46.0 Å². The number of methoxy groups -OCH3 is 8. The van der Waals surface area contributed by atoms with Gasteiger partial charge in [-0.3, -0.25) is 0 Å². The van der Waals surface area contributed by atoms with Crippen LogP contribution in [0.4, 0.5) is 0 Å². The fourth-order valence-electron chi connectivity index (χ4n) is 3.80. The van der Waals surface area contributed by atoms with Gasteiger partial charge in [0.25, 0.3) is 0 Å². The number of hydrogen-bond acceptors (Lipinski definition) is 11. The Labute approximate surface area is 577 Å². The van der Waals surface area contributed by atoms with E-state index >= 15 is 0 Å². The lowest BCUT2D eigenvalue weighted by Gasteiger charge is -2.04. The highest BCUT2D eigenvalue weighted by molar-refractivity contribution is 6.47. The molecule has 0 unspecified atom stereocenters. The summed E-state index contributed by atoms with van der Waals surface area (Å²) in [6.45, 7) is 50.3. The first-order valence-electron chi connectivity index (χ1n) is 33.2. The van der Waals surface area contributed by atoms with E-state index in [1.807, 2.05) is 209 Å². The quantitative estimate of drug-likeness (QED) is 0.126. The SMILES string of the molecule is CCC.CCC.CCC.CCC.CCC.CCC.COc1ccccc1.COc1ccccc1.COc1ccccc1.COc1ccccc1.COc1ccccc1OC.COc1ccccc1OC.C[SiH2]C.C[SiH2]C.C[SiH2]C.C[SiH](C)O.C[SiH](C)O.C[SiH](C)O. The first-order chi connectivity index (χ1) is 43.4. The lowest BCUT2D eigenvalue weighted by molar-refractivity contribution is 0.355. The van der Waals surface area contributed by atoms with Crippen molar-refractivity contribution in [3.8, 4) is 46.0 Å². The number of benzene rings is 6. The van der Waals surface area contributed by atoms with Gasteiger partial charge >= 0.3 is 0 Å². The van der Waals surface area contributed by atoms with E-state index in [0.717, 1.165) is 46.0 Å². The molecule has 0 aliphatic rings. The van der Waals surface area contributed by atoms with Crippen LogP contribution in [0.3, 0.4) is 0 Å². The summed E-state index contributed by atoms with van der Waals surface area (Å²) in [5, 5.41) is 0. The van der Waals surface area contributed by atoms with Gasteiger partial charge in [-0.2, -0.15) is 0 Å². The molecule has 0 aliphatic carbocycles. The van der Waals surface area contributed by atoms with Crippen molar-refractivity contribution in [3.63, 3.8) is 0 Å². The Morgan fingerprint density at radius 2 is 0.319 bits per heavy atom. The van der Waals surface area contributed by atoms with Crippen molar-refractivity contribution in [3.05, 3.63) is 170 Å². The van der Waals surface area contributed by atoms with Gasteiger partial charge in [0.15, 0.2) is 50.1 Å². The van der Waals surface area contributed by atoms with E-state index in [0.29, 0.717) is 28.6 Å². The molecule has 0 bridgehead atoms. The Balaban J connectivity index is -0.0000000743. The maximum absolute atomic E-state index is 8.19. The Morgan fingerprint density at radius 1 is 0.231 bits per heavy atom. The van der Waals surface area contributed by atoms with Gasteiger partial charge in [-0.25, -0.2) is 0 Å². The zero-order valence-corrected chi connectivity index (χ0v) is 72.6. The fourth-order valence-corrected chi connectivity index (χ4v) is 3.80. The minimum Gasteiger partial charge on any atom is -0.497 e. The summed E-state index contributed by atoms with van der Waals surface area (Å²) in [6, 6.07) is 53.8. The third kappa shape index (κ3) is 139. The molecular formula is C74H148O11Si6. The molecule has 0 heterocycles. The van der Waals surface area contributed by atoms with Gasteiger partial charge in [0.05, 0.1) is 56.9 Å². The molecule has 0 saturated heterocycles. The van der Waals surface area contributed by atoms with Crippen molar-refractivity contribution in [2.24, 2.45) is 0 Å². The molecule has 17 heteroatoms. The van der Waals surface area contributed by atoms with Crippen molar-refractivity contribution in [2.45, 2.75) is 200 Å². The molecule has 0 radical (unpaired) electrons. The number of hydrogen-bond donors (Lipinski definition) is 3. The molecule has 0 aliphatic heterocycles. The molecule has 11 nitrogen and oxygen atoms in total. The fraction of sp³-hybridized carbons (Fsp3) is 0.514. The van der Waals surface area contributed by atoms with Gasteiger partial charge in [-0.1, -0.05) is 258 Å². The van der Waals surface area contributed by atoms with E-state index in [-0.39, 0.29) is 0 Å². The summed E-state index contributed by atoms with van der Waals surface area (Å²) < 4.78 is 39.7. The van der Waals surface area contributed by atoms with E-state index in [2.05, 4.69) is 122 Å². The molecule has 0 saturated carbocycles. The van der Waals surface area contributed by atoms with Crippen LogP contribution in [0.1, 0.15) is 122 Å². The van der Waals surface area contributed by atoms with Crippen LogP contribution in [0.25, 0.3) is 0 Å². The Kier molecular flexibility index (Phi) is 140. The van der Waals surface area contributed by atoms with Gasteiger partial charge in [0.2, 0.25) is 0 Å². The molecule has 91 heavy (non-hydrogen) atoms. The summed E-state index contributed by atoms with van der Waals surface area (Å²) in [5.74, 6) is 6.71. The lowest BCUT2D eigenvalue weighted by atomic mass is 10.3. The molecular weight excluding hydrogens is 1230 g/mol. The molecule has 0 atom stereocenters. The molecule has 0 spiro atoms. The van der Waals surface area contributed by atoms with Crippen LogP contribution in [-0.2, 0) is 0 Å². The van der Waals surface area contributed by atoms with Crippen molar-refractivity contribution in [1.82, 2.24) is 0 Å². The van der Waals surface area contributed by atoms with Gasteiger partial charge in [-0.15, -0.1) is 0 Å². The van der Waals surface area contributed by atoms with Crippen LogP contribution in [0, 0.1) is 0 Å². The van der Waals surface area contributed by atoms with Crippen LogP contribution < -0.4 is 37.9 Å². The summed E-state index contributed by atoms with van der Waals surface area (Å²) >= 11 is 0. The van der Waals surface area contributed by atoms with Crippen LogP contribution in [0.2, 0.25) is 78.6 Å². The molecule has 6 aromatic rings. The summed E-state index contributed by atoms with van der Waals surface area (Å²) in [6.07, 6.45) is 7.50. The highest BCUT2D eigenvalue weighted by Gasteiger charge is 1.98. The number of rotatable bonds is 8. The second kappa shape index (κ2) is 112. The number of ether oxygens (including phenoxy) is 8. The second-order valence-electron chi connectivity index (χ2n) is 19.4. The maximum Gasteiger partial charge on any atom is 0.166 e. The highest BCUT2D eigenvalue weighted by Crippen LogP contribution is 2.25. The van der Waals surface area contributed by atoms with Crippen molar-refractivity contribution >= 4 is 55.7 Å². The molecule has 3 N–H and O–H groups in total. The lowest BCUT2D eigenvalue weighted by Crippen LogP contribution is -1.93. The molecule has 0 amide bonds. The minimum absolute atomic E-state index is 0.417. The Hall–Kier alpha value is -5.10. The summed E-state index contributed by atoms with van der Waals surface area (Å²) in [5.41, 5.74) is 0. The summed E-state index contributed by atoms with van der Waals surface area (Å²) in [4.78, 5) is 24.6. The predicted molar refractivity (Wildman–Crippen MR) is 431 cm³/mol. The van der Waals surface area contributed by atoms with E-state index in [1.54, 1.807) is 56.9 Å². The highest BCUT2D eigenvalue weighted by atomic mass is 28.3. The van der Waals surface area contributed by atoms with Gasteiger partial charge in [-0.05, 0) is 112 Å². The van der Waals surface area contributed by atoms with E-state index < -0.39 is 27.1 Å². The van der Waals surface area contributed by atoms with E-state index in [4.69, 9.17) is 52.3 Å². The maximum atomic E-state index is 8.19. The molecule has 534 valence electrons.